The lowest BCUT2D eigenvalue weighted by molar-refractivity contribution is 0.624. The molecule has 2 heterocycles. The van der Waals surface area contributed by atoms with E-state index in [0.29, 0.717) is 0 Å². The number of para-hydroxylation sites is 1. The molecule has 1 aliphatic rings. The second-order valence-electron chi connectivity index (χ2n) is 5.37. The van der Waals surface area contributed by atoms with Gasteiger partial charge >= 0.3 is 0 Å². The van der Waals surface area contributed by atoms with Crippen LogP contribution in [0.2, 0.25) is 5.02 Å². The third-order valence-electron chi connectivity index (χ3n) is 4.01. The predicted molar refractivity (Wildman–Crippen MR) is 88.2 cm³/mol. The number of aromatic nitrogens is 2. The van der Waals surface area contributed by atoms with Gasteiger partial charge in [-0.15, -0.1) is 0 Å². The van der Waals surface area contributed by atoms with E-state index in [2.05, 4.69) is 21.0 Å². The molecule has 0 unspecified atom stereocenters. The van der Waals surface area contributed by atoms with Crippen molar-refractivity contribution < 1.29 is 0 Å². The molecule has 6 heteroatoms. The normalized spacial score (nSPS) is 15.6. The van der Waals surface area contributed by atoms with Gasteiger partial charge in [-0.05, 0) is 19.1 Å². The SMILES string of the molecule is Cc1nn(C)c(N2CCN(c3ccccc3Cl)CC2)c1N. The maximum absolute atomic E-state index is 6.28. The molecule has 0 atom stereocenters. The van der Waals surface area contributed by atoms with E-state index in [1.165, 1.54) is 0 Å². The monoisotopic (exact) mass is 305 g/mol. The number of benzene rings is 1. The molecule has 1 aromatic heterocycles. The quantitative estimate of drug-likeness (QED) is 0.925. The Kier molecular flexibility index (Phi) is 3.68. The summed E-state index contributed by atoms with van der Waals surface area (Å²) in [5, 5.41) is 5.20. The van der Waals surface area contributed by atoms with Crippen molar-refractivity contribution in [3.8, 4) is 0 Å². The Morgan fingerprint density at radius 1 is 1.10 bits per heavy atom. The number of nitrogens with two attached hydrogens (primary N) is 1. The van der Waals surface area contributed by atoms with Gasteiger partial charge in [0, 0.05) is 33.2 Å². The van der Waals surface area contributed by atoms with E-state index in [9.17, 15) is 0 Å². The average molecular weight is 306 g/mol. The minimum absolute atomic E-state index is 0.781. The van der Waals surface area contributed by atoms with Crippen LogP contribution in [0.4, 0.5) is 17.2 Å². The number of hydrogen-bond acceptors (Lipinski definition) is 4. The molecular formula is C15H20ClN5. The third-order valence-corrected chi connectivity index (χ3v) is 4.33. The number of halogens is 1. The fraction of sp³-hybridized carbons (Fsp3) is 0.400. The molecule has 0 radical (unpaired) electrons. The highest BCUT2D eigenvalue weighted by atomic mass is 35.5. The number of piperazine rings is 1. The van der Waals surface area contributed by atoms with Crippen molar-refractivity contribution in [2.24, 2.45) is 7.05 Å². The first-order valence-corrected chi connectivity index (χ1v) is 7.49. The molecule has 0 saturated carbocycles. The van der Waals surface area contributed by atoms with Crippen LogP contribution in [0.5, 0.6) is 0 Å². The Balaban J connectivity index is 1.75. The first-order chi connectivity index (χ1) is 10.1. The second-order valence-corrected chi connectivity index (χ2v) is 5.78. The van der Waals surface area contributed by atoms with E-state index in [1.54, 1.807) is 0 Å². The van der Waals surface area contributed by atoms with Gasteiger partial charge in [-0.1, -0.05) is 23.7 Å². The first kappa shape index (κ1) is 14.1. The molecule has 112 valence electrons. The van der Waals surface area contributed by atoms with Crippen LogP contribution < -0.4 is 15.5 Å². The van der Waals surface area contributed by atoms with Gasteiger partial charge < -0.3 is 15.5 Å². The van der Waals surface area contributed by atoms with Gasteiger partial charge in [-0.2, -0.15) is 5.10 Å². The highest BCUT2D eigenvalue weighted by molar-refractivity contribution is 6.33. The molecule has 0 spiro atoms. The van der Waals surface area contributed by atoms with Crippen LogP contribution in [0.25, 0.3) is 0 Å². The van der Waals surface area contributed by atoms with Crippen LogP contribution in [0, 0.1) is 6.92 Å². The third kappa shape index (κ3) is 2.53. The summed E-state index contributed by atoms with van der Waals surface area (Å²) in [6.45, 7) is 5.61. The molecular weight excluding hydrogens is 286 g/mol. The molecule has 0 aliphatic carbocycles. The van der Waals surface area contributed by atoms with Crippen LogP contribution in [-0.4, -0.2) is 36.0 Å². The number of rotatable bonds is 2. The van der Waals surface area contributed by atoms with Crippen molar-refractivity contribution in [2.45, 2.75) is 6.92 Å². The lowest BCUT2D eigenvalue weighted by atomic mass is 10.2. The summed E-state index contributed by atoms with van der Waals surface area (Å²) in [5.74, 6) is 1.02. The van der Waals surface area contributed by atoms with Crippen LogP contribution in [-0.2, 0) is 7.05 Å². The summed E-state index contributed by atoms with van der Waals surface area (Å²) >= 11 is 6.28. The second kappa shape index (κ2) is 5.48. The van der Waals surface area contributed by atoms with Gasteiger partial charge in [-0.3, -0.25) is 4.68 Å². The molecule has 1 saturated heterocycles. The van der Waals surface area contributed by atoms with Gasteiger partial charge in [0.05, 0.1) is 22.1 Å². The van der Waals surface area contributed by atoms with Gasteiger partial charge in [-0.25, -0.2) is 0 Å². The zero-order valence-electron chi connectivity index (χ0n) is 12.4. The van der Waals surface area contributed by atoms with Crippen molar-refractivity contribution in [2.75, 3.05) is 41.7 Å². The van der Waals surface area contributed by atoms with E-state index in [0.717, 1.165) is 54.1 Å². The van der Waals surface area contributed by atoms with Gasteiger partial charge in [0.1, 0.15) is 0 Å². The van der Waals surface area contributed by atoms with Crippen molar-refractivity contribution in [3.05, 3.63) is 35.0 Å². The van der Waals surface area contributed by atoms with Crippen LogP contribution in [0.3, 0.4) is 0 Å². The van der Waals surface area contributed by atoms with Crippen LogP contribution in [0.1, 0.15) is 5.69 Å². The zero-order valence-corrected chi connectivity index (χ0v) is 13.1. The summed E-state index contributed by atoms with van der Waals surface area (Å²) in [4.78, 5) is 4.61. The van der Waals surface area contributed by atoms with E-state index in [-0.39, 0.29) is 0 Å². The van der Waals surface area contributed by atoms with Crippen LogP contribution in [0.15, 0.2) is 24.3 Å². The maximum Gasteiger partial charge on any atom is 0.150 e. The van der Waals surface area contributed by atoms with Crippen molar-refractivity contribution in [1.29, 1.82) is 0 Å². The lowest BCUT2D eigenvalue weighted by Crippen LogP contribution is -2.47. The minimum atomic E-state index is 0.781. The van der Waals surface area contributed by atoms with Crippen molar-refractivity contribution in [1.82, 2.24) is 9.78 Å². The highest BCUT2D eigenvalue weighted by Crippen LogP contribution is 2.29. The summed E-state index contributed by atoms with van der Waals surface area (Å²) in [7, 11) is 1.94. The lowest BCUT2D eigenvalue weighted by Gasteiger charge is -2.37. The van der Waals surface area contributed by atoms with E-state index in [1.807, 2.05) is 36.9 Å². The van der Waals surface area contributed by atoms with Crippen LogP contribution >= 0.6 is 11.6 Å². The molecule has 1 aromatic carbocycles. The smallest absolute Gasteiger partial charge is 0.150 e. The van der Waals surface area contributed by atoms with Crippen molar-refractivity contribution >= 4 is 28.8 Å². The molecule has 3 rings (SSSR count). The van der Waals surface area contributed by atoms with E-state index in [4.69, 9.17) is 17.3 Å². The topological polar surface area (TPSA) is 50.3 Å². The zero-order chi connectivity index (χ0) is 15.0. The average Bonchev–Trinajstić information content (AvgIpc) is 2.73. The fourth-order valence-electron chi connectivity index (χ4n) is 2.90. The number of nitrogen functional groups attached to an aromatic ring is 1. The Morgan fingerprint density at radius 3 is 2.29 bits per heavy atom. The Morgan fingerprint density at radius 2 is 1.71 bits per heavy atom. The molecule has 1 fully saturated rings. The minimum Gasteiger partial charge on any atom is -0.394 e. The molecule has 1 aliphatic heterocycles. The molecule has 21 heavy (non-hydrogen) atoms. The van der Waals surface area contributed by atoms with E-state index >= 15 is 0 Å². The first-order valence-electron chi connectivity index (χ1n) is 7.11. The number of nitrogens with zero attached hydrogens (tertiary/aromatic N) is 4. The molecule has 5 nitrogen and oxygen atoms in total. The number of aryl methyl sites for hydroxylation is 2. The standard InChI is InChI=1S/C15H20ClN5/c1-11-14(17)15(19(2)18-11)21-9-7-20(8-10-21)13-6-4-3-5-12(13)16/h3-6H,7-10,17H2,1-2H3. The van der Waals surface area contributed by atoms with Gasteiger partial charge in [0.2, 0.25) is 0 Å². The Bertz CT molecular complexity index is 644. The van der Waals surface area contributed by atoms with E-state index < -0.39 is 0 Å². The molecule has 0 bridgehead atoms. The summed E-state index contributed by atoms with van der Waals surface area (Å²) in [6, 6.07) is 7.99. The predicted octanol–water partition coefficient (Wildman–Crippen LogP) is 2.29. The number of hydrogen-bond donors (Lipinski definition) is 1. The van der Waals surface area contributed by atoms with Crippen molar-refractivity contribution in [3.63, 3.8) is 0 Å². The van der Waals surface area contributed by atoms with Gasteiger partial charge in [0.25, 0.3) is 0 Å². The molecule has 2 aromatic rings. The maximum atomic E-state index is 6.28. The summed E-state index contributed by atoms with van der Waals surface area (Å²) < 4.78 is 1.87. The fourth-order valence-corrected chi connectivity index (χ4v) is 3.16. The highest BCUT2D eigenvalue weighted by Gasteiger charge is 2.23. The van der Waals surface area contributed by atoms with Gasteiger partial charge in [0.15, 0.2) is 5.82 Å². The largest absolute Gasteiger partial charge is 0.394 e. The Hall–Kier alpha value is -1.88. The Labute approximate surface area is 129 Å². The molecule has 2 N–H and O–H groups in total. The summed E-state index contributed by atoms with van der Waals surface area (Å²) in [6.07, 6.45) is 0. The molecule has 0 amide bonds. The summed E-state index contributed by atoms with van der Waals surface area (Å²) in [5.41, 5.74) is 8.92. The number of anilines is 3.